The molecule has 6 heteroatoms. The average Bonchev–Trinajstić information content (AvgIpc) is 2.97. The van der Waals surface area contributed by atoms with Gasteiger partial charge < -0.3 is 10.2 Å². The molecular formula is C19H18Cl2N2O2. The molecule has 1 heterocycles. The predicted molar refractivity (Wildman–Crippen MR) is 100 cm³/mol. The van der Waals surface area contributed by atoms with Crippen molar-refractivity contribution in [2.75, 3.05) is 18.0 Å². The summed E-state index contributed by atoms with van der Waals surface area (Å²) in [6, 6.07) is 14.7. The molecule has 1 aliphatic rings. The lowest BCUT2D eigenvalue weighted by Gasteiger charge is -2.17. The summed E-state index contributed by atoms with van der Waals surface area (Å²) in [5.74, 6) is -0.497. The van der Waals surface area contributed by atoms with Gasteiger partial charge in [-0.3, -0.25) is 9.59 Å². The van der Waals surface area contributed by atoms with Gasteiger partial charge in [-0.1, -0.05) is 41.4 Å². The molecule has 1 unspecified atom stereocenters. The molecule has 1 N–H and O–H groups in total. The third kappa shape index (κ3) is 4.53. The number of anilines is 1. The summed E-state index contributed by atoms with van der Waals surface area (Å²) in [5.41, 5.74) is 1.79. The summed E-state index contributed by atoms with van der Waals surface area (Å²) >= 11 is 11.9. The van der Waals surface area contributed by atoms with Gasteiger partial charge in [-0.05, 0) is 42.3 Å². The van der Waals surface area contributed by atoms with Crippen LogP contribution in [0.15, 0.2) is 48.5 Å². The number of nitrogens with zero attached hydrogens (tertiary/aromatic N) is 1. The minimum absolute atomic E-state index is 0.0581. The van der Waals surface area contributed by atoms with Crippen LogP contribution < -0.4 is 10.2 Å². The predicted octanol–water partition coefficient (Wildman–Crippen LogP) is 3.71. The fraction of sp³-hybridized carbons (Fsp3) is 0.263. The zero-order chi connectivity index (χ0) is 17.8. The van der Waals surface area contributed by atoms with E-state index in [1.165, 1.54) is 0 Å². The third-order valence-electron chi connectivity index (χ3n) is 4.22. The largest absolute Gasteiger partial charge is 0.355 e. The summed E-state index contributed by atoms with van der Waals surface area (Å²) in [6.45, 7) is 0.892. The van der Waals surface area contributed by atoms with Crippen LogP contribution in [-0.4, -0.2) is 24.9 Å². The van der Waals surface area contributed by atoms with Gasteiger partial charge in [0.25, 0.3) is 0 Å². The summed E-state index contributed by atoms with van der Waals surface area (Å²) in [4.78, 5) is 26.2. The molecule has 1 fully saturated rings. The van der Waals surface area contributed by atoms with Crippen molar-refractivity contribution < 1.29 is 9.59 Å². The molecule has 2 aromatic rings. The second-order valence-electron chi connectivity index (χ2n) is 6.06. The number of amides is 2. The molecule has 1 atom stereocenters. The maximum absolute atomic E-state index is 12.3. The van der Waals surface area contributed by atoms with Crippen LogP contribution in [0, 0.1) is 5.92 Å². The second kappa shape index (κ2) is 7.89. The van der Waals surface area contributed by atoms with E-state index in [2.05, 4.69) is 5.32 Å². The van der Waals surface area contributed by atoms with E-state index in [1.54, 1.807) is 23.1 Å². The van der Waals surface area contributed by atoms with E-state index >= 15 is 0 Å². The SMILES string of the molecule is O=C(NCCc1cccc(Cl)c1)C1CC(=O)N(c2cccc(Cl)c2)C1. The number of nitrogens with one attached hydrogen (secondary N) is 1. The van der Waals surface area contributed by atoms with Gasteiger partial charge in [-0.15, -0.1) is 0 Å². The zero-order valence-corrected chi connectivity index (χ0v) is 15.1. The number of carbonyl (C=O) groups excluding carboxylic acids is 2. The Labute approximate surface area is 156 Å². The molecule has 3 rings (SSSR count). The highest BCUT2D eigenvalue weighted by Crippen LogP contribution is 2.27. The van der Waals surface area contributed by atoms with E-state index in [1.807, 2.05) is 30.3 Å². The molecule has 1 aliphatic heterocycles. The van der Waals surface area contributed by atoms with Crippen LogP contribution in [0.3, 0.4) is 0 Å². The number of hydrogen-bond donors (Lipinski definition) is 1. The minimum Gasteiger partial charge on any atom is -0.355 e. The molecule has 2 aromatic carbocycles. The van der Waals surface area contributed by atoms with Crippen LogP contribution in [0.5, 0.6) is 0 Å². The first-order chi connectivity index (χ1) is 12.0. The topological polar surface area (TPSA) is 49.4 Å². The van der Waals surface area contributed by atoms with Crippen LogP contribution in [-0.2, 0) is 16.0 Å². The molecule has 130 valence electrons. The van der Waals surface area contributed by atoms with Crippen LogP contribution >= 0.6 is 23.2 Å². The number of benzene rings is 2. The van der Waals surface area contributed by atoms with Crippen molar-refractivity contribution in [3.63, 3.8) is 0 Å². The van der Waals surface area contributed by atoms with Gasteiger partial charge in [0.05, 0.1) is 5.92 Å². The lowest BCUT2D eigenvalue weighted by Crippen LogP contribution is -2.34. The van der Waals surface area contributed by atoms with Crippen molar-refractivity contribution >= 4 is 40.7 Å². The molecule has 1 saturated heterocycles. The lowest BCUT2D eigenvalue weighted by molar-refractivity contribution is -0.126. The second-order valence-corrected chi connectivity index (χ2v) is 6.93. The first-order valence-corrected chi connectivity index (χ1v) is 8.86. The van der Waals surface area contributed by atoms with E-state index in [0.29, 0.717) is 29.6 Å². The van der Waals surface area contributed by atoms with Crippen LogP contribution in [0.2, 0.25) is 10.0 Å². The molecule has 0 bridgehead atoms. The van der Waals surface area contributed by atoms with Gasteiger partial charge >= 0.3 is 0 Å². The normalized spacial score (nSPS) is 17.0. The summed E-state index contributed by atoms with van der Waals surface area (Å²) in [6.07, 6.45) is 0.917. The lowest BCUT2D eigenvalue weighted by atomic mass is 10.1. The molecule has 0 aromatic heterocycles. The summed E-state index contributed by atoms with van der Waals surface area (Å²) < 4.78 is 0. The van der Waals surface area contributed by atoms with Crippen molar-refractivity contribution in [1.29, 1.82) is 0 Å². The Morgan fingerprint density at radius 2 is 1.84 bits per heavy atom. The van der Waals surface area contributed by atoms with Gasteiger partial charge in [-0.2, -0.15) is 0 Å². The number of hydrogen-bond acceptors (Lipinski definition) is 2. The van der Waals surface area contributed by atoms with E-state index in [-0.39, 0.29) is 24.2 Å². The highest BCUT2D eigenvalue weighted by molar-refractivity contribution is 6.31. The van der Waals surface area contributed by atoms with E-state index < -0.39 is 0 Å². The van der Waals surface area contributed by atoms with Crippen molar-refractivity contribution in [3.05, 3.63) is 64.1 Å². The van der Waals surface area contributed by atoms with Crippen molar-refractivity contribution in [1.82, 2.24) is 5.32 Å². The van der Waals surface area contributed by atoms with Gasteiger partial charge in [0.15, 0.2) is 0 Å². The smallest absolute Gasteiger partial charge is 0.227 e. The van der Waals surface area contributed by atoms with Crippen molar-refractivity contribution in [2.45, 2.75) is 12.8 Å². The van der Waals surface area contributed by atoms with E-state index in [4.69, 9.17) is 23.2 Å². The molecule has 0 radical (unpaired) electrons. The average molecular weight is 377 g/mol. The molecule has 0 aliphatic carbocycles. The van der Waals surface area contributed by atoms with Gasteiger partial charge in [-0.25, -0.2) is 0 Å². The highest BCUT2D eigenvalue weighted by Gasteiger charge is 2.34. The van der Waals surface area contributed by atoms with E-state index in [0.717, 1.165) is 11.3 Å². The Bertz CT molecular complexity index is 794. The fourth-order valence-corrected chi connectivity index (χ4v) is 3.34. The Morgan fingerprint density at radius 3 is 2.56 bits per heavy atom. The maximum atomic E-state index is 12.3. The van der Waals surface area contributed by atoms with E-state index in [9.17, 15) is 9.59 Å². The standard InChI is InChI=1S/C19H18Cl2N2O2/c20-15-4-1-3-13(9-15)7-8-22-19(25)14-10-18(24)23(12-14)17-6-2-5-16(21)11-17/h1-6,9,11,14H,7-8,10,12H2,(H,22,25). The quantitative estimate of drug-likeness (QED) is 0.864. The van der Waals surface area contributed by atoms with Gasteiger partial charge in [0, 0.05) is 35.2 Å². The first-order valence-electron chi connectivity index (χ1n) is 8.11. The highest BCUT2D eigenvalue weighted by atomic mass is 35.5. The van der Waals surface area contributed by atoms with Gasteiger partial charge in [0.2, 0.25) is 11.8 Å². The maximum Gasteiger partial charge on any atom is 0.227 e. The Balaban J connectivity index is 1.54. The minimum atomic E-state index is -0.342. The van der Waals surface area contributed by atoms with Gasteiger partial charge in [0.1, 0.15) is 0 Å². The van der Waals surface area contributed by atoms with Crippen molar-refractivity contribution in [3.8, 4) is 0 Å². The molecule has 25 heavy (non-hydrogen) atoms. The Hall–Kier alpha value is -2.04. The zero-order valence-electron chi connectivity index (χ0n) is 13.5. The fourth-order valence-electron chi connectivity index (χ4n) is 2.94. The molecule has 4 nitrogen and oxygen atoms in total. The Kier molecular flexibility index (Phi) is 5.61. The third-order valence-corrected chi connectivity index (χ3v) is 4.69. The number of rotatable bonds is 5. The van der Waals surface area contributed by atoms with Crippen LogP contribution in [0.25, 0.3) is 0 Å². The molecule has 2 amide bonds. The molecule has 0 spiro atoms. The van der Waals surface area contributed by atoms with Crippen molar-refractivity contribution in [2.24, 2.45) is 5.92 Å². The Morgan fingerprint density at radius 1 is 1.12 bits per heavy atom. The molecular weight excluding hydrogens is 359 g/mol. The summed E-state index contributed by atoms with van der Waals surface area (Å²) in [5, 5.41) is 4.16. The molecule has 0 saturated carbocycles. The monoisotopic (exact) mass is 376 g/mol. The number of halogens is 2. The van der Waals surface area contributed by atoms with Crippen LogP contribution in [0.1, 0.15) is 12.0 Å². The summed E-state index contributed by atoms with van der Waals surface area (Å²) in [7, 11) is 0. The number of carbonyl (C=O) groups is 2. The van der Waals surface area contributed by atoms with Crippen LogP contribution in [0.4, 0.5) is 5.69 Å². The first kappa shape index (κ1) is 17.8.